The quantitative estimate of drug-likeness (QED) is 0.323. The summed E-state index contributed by atoms with van der Waals surface area (Å²) in [7, 11) is 0. The monoisotopic (exact) mass is 450 g/mol. The van der Waals surface area contributed by atoms with Crippen LogP contribution in [0.15, 0.2) is 36.5 Å². The molecule has 3 aromatic rings. The average Bonchev–Trinajstić information content (AvgIpc) is 3.05. The Kier molecular flexibility index (Phi) is 7.25. The number of Topliss-reactive ketones (excluding diaryl/α,β-unsaturated/α-hetero) is 1. The fraction of sp³-hybridized carbons (Fsp3) is 0.444. The second-order valence-electron chi connectivity index (χ2n) is 9.52. The number of carbonyl (C=O) groups excluding carboxylic acids is 2. The van der Waals surface area contributed by atoms with Crippen LogP contribution in [-0.2, 0) is 9.53 Å². The number of ether oxygens (including phenoxy) is 2. The molecule has 1 atom stereocenters. The fourth-order valence-electron chi connectivity index (χ4n) is 4.16. The molecule has 0 spiro atoms. The Hall–Kier alpha value is -3.15. The molecule has 0 amide bonds. The molecule has 6 nitrogen and oxygen atoms in total. The van der Waals surface area contributed by atoms with E-state index < -0.39 is 5.60 Å². The maximum Gasteiger partial charge on any atom is 0.306 e. The number of hydrogen-bond donors (Lipinski definition) is 0. The minimum absolute atomic E-state index is 0.0666. The molecule has 3 rings (SSSR count). The van der Waals surface area contributed by atoms with E-state index in [4.69, 9.17) is 9.47 Å². The Morgan fingerprint density at radius 2 is 1.82 bits per heavy atom. The number of fused-ring (bicyclic) bond motifs is 1. The number of esters is 1. The van der Waals surface area contributed by atoms with Gasteiger partial charge in [0.15, 0.2) is 17.2 Å². The zero-order valence-electron chi connectivity index (χ0n) is 20.7. The first-order chi connectivity index (χ1) is 15.5. The van der Waals surface area contributed by atoms with Crippen molar-refractivity contribution in [3.05, 3.63) is 64.6 Å². The number of nitrogens with zero attached hydrogens (tertiary/aromatic N) is 2. The molecule has 0 aliphatic heterocycles. The van der Waals surface area contributed by atoms with Crippen molar-refractivity contribution in [2.45, 2.75) is 72.8 Å². The number of benzene rings is 1. The number of hydrogen-bond acceptors (Lipinski definition) is 5. The molecule has 176 valence electrons. The first kappa shape index (κ1) is 24.5. The first-order valence-electron chi connectivity index (χ1n) is 11.4. The summed E-state index contributed by atoms with van der Waals surface area (Å²) in [5, 5.41) is 0. The van der Waals surface area contributed by atoms with Crippen molar-refractivity contribution in [2.75, 3.05) is 6.61 Å². The lowest BCUT2D eigenvalue weighted by molar-refractivity contribution is -0.155. The third-order valence-corrected chi connectivity index (χ3v) is 5.49. The first-order valence-corrected chi connectivity index (χ1v) is 11.4. The van der Waals surface area contributed by atoms with Gasteiger partial charge < -0.3 is 9.47 Å². The summed E-state index contributed by atoms with van der Waals surface area (Å²) in [6, 6.07) is 9.83. The van der Waals surface area contributed by atoms with Crippen LogP contribution >= 0.6 is 0 Å². The second kappa shape index (κ2) is 9.77. The highest BCUT2D eigenvalue weighted by molar-refractivity contribution is 5.97. The van der Waals surface area contributed by atoms with E-state index in [-0.39, 0.29) is 30.5 Å². The van der Waals surface area contributed by atoms with E-state index in [9.17, 15) is 9.59 Å². The van der Waals surface area contributed by atoms with E-state index in [1.165, 1.54) is 0 Å². The highest BCUT2D eigenvalue weighted by atomic mass is 16.6. The van der Waals surface area contributed by atoms with Gasteiger partial charge in [0.05, 0.1) is 18.7 Å². The van der Waals surface area contributed by atoms with Gasteiger partial charge in [0.25, 0.3) is 0 Å². The summed E-state index contributed by atoms with van der Waals surface area (Å²) in [6.07, 6.45) is 2.14. The molecule has 0 radical (unpaired) electrons. The van der Waals surface area contributed by atoms with Crippen molar-refractivity contribution in [3.8, 4) is 5.75 Å². The van der Waals surface area contributed by atoms with Gasteiger partial charge in [-0.05, 0) is 71.7 Å². The number of aryl methyl sites for hydroxylation is 3. The van der Waals surface area contributed by atoms with Gasteiger partial charge in [-0.1, -0.05) is 23.8 Å². The van der Waals surface area contributed by atoms with Crippen LogP contribution in [0.5, 0.6) is 5.75 Å². The van der Waals surface area contributed by atoms with Crippen LogP contribution < -0.4 is 4.74 Å². The minimum Gasteiger partial charge on any atom is -0.490 e. The lowest BCUT2D eigenvalue weighted by atomic mass is 9.86. The van der Waals surface area contributed by atoms with Crippen LogP contribution in [0, 0.1) is 20.8 Å². The summed E-state index contributed by atoms with van der Waals surface area (Å²) in [4.78, 5) is 30.9. The molecule has 0 N–H and O–H groups in total. The molecule has 0 aliphatic carbocycles. The van der Waals surface area contributed by atoms with Crippen LogP contribution in [0.4, 0.5) is 0 Å². The number of imidazole rings is 1. The van der Waals surface area contributed by atoms with Crippen LogP contribution in [0.1, 0.15) is 79.3 Å². The molecule has 0 bridgehead atoms. The SMILES string of the molecule is CCOc1cccn2c(C(=O)C[C@@H](CC(=O)OC(C)(C)C)c3cc(C)ccc3C)c(C)nc12. The zero-order valence-corrected chi connectivity index (χ0v) is 20.7. The average molecular weight is 451 g/mol. The Morgan fingerprint density at radius 1 is 1.09 bits per heavy atom. The highest BCUT2D eigenvalue weighted by Gasteiger charge is 2.27. The highest BCUT2D eigenvalue weighted by Crippen LogP contribution is 2.31. The molecule has 1 aromatic carbocycles. The number of rotatable bonds is 8. The molecule has 0 fully saturated rings. The van der Waals surface area contributed by atoms with E-state index >= 15 is 0 Å². The molecule has 0 unspecified atom stereocenters. The summed E-state index contributed by atoms with van der Waals surface area (Å²) in [6.45, 7) is 13.8. The van der Waals surface area contributed by atoms with Gasteiger partial charge >= 0.3 is 5.97 Å². The van der Waals surface area contributed by atoms with Crippen LogP contribution in [-0.4, -0.2) is 33.3 Å². The smallest absolute Gasteiger partial charge is 0.306 e. The molecule has 0 saturated carbocycles. The lowest BCUT2D eigenvalue weighted by Crippen LogP contribution is -2.25. The molecule has 33 heavy (non-hydrogen) atoms. The maximum absolute atomic E-state index is 13.6. The van der Waals surface area contributed by atoms with Gasteiger partial charge in [-0.25, -0.2) is 4.98 Å². The van der Waals surface area contributed by atoms with Crippen molar-refractivity contribution < 1.29 is 19.1 Å². The Balaban J connectivity index is 1.98. The maximum atomic E-state index is 13.6. The number of pyridine rings is 1. The van der Waals surface area contributed by atoms with Crippen molar-refractivity contribution >= 4 is 17.4 Å². The lowest BCUT2D eigenvalue weighted by Gasteiger charge is -2.23. The Labute approximate surface area is 195 Å². The van der Waals surface area contributed by atoms with E-state index in [0.717, 1.165) is 16.7 Å². The molecule has 2 heterocycles. The van der Waals surface area contributed by atoms with Gasteiger partial charge in [-0.3, -0.25) is 14.0 Å². The normalized spacial score (nSPS) is 12.6. The van der Waals surface area contributed by atoms with Crippen molar-refractivity contribution in [3.63, 3.8) is 0 Å². The van der Waals surface area contributed by atoms with Gasteiger partial charge in [0.1, 0.15) is 11.3 Å². The topological polar surface area (TPSA) is 69.9 Å². The number of aromatic nitrogens is 2. The second-order valence-corrected chi connectivity index (χ2v) is 9.52. The predicted molar refractivity (Wildman–Crippen MR) is 129 cm³/mol. The van der Waals surface area contributed by atoms with E-state index in [1.807, 2.05) is 78.9 Å². The van der Waals surface area contributed by atoms with Gasteiger partial charge in [-0.15, -0.1) is 0 Å². The molecule has 0 aliphatic rings. The van der Waals surface area contributed by atoms with E-state index in [2.05, 4.69) is 11.1 Å². The number of carbonyl (C=O) groups is 2. The summed E-state index contributed by atoms with van der Waals surface area (Å²) >= 11 is 0. The standard InChI is InChI=1S/C27H34N2O4/c1-8-32-23-10-9-13-29-25(19(4)28-26(23)29)22(30)15-20(16-24(31)33-27(5,6)7)21-14-17(2)11-12-18(21)3/h9-14,20H,8,15-16H2,1-7H3/t20-/m0/s1. The van der Waals surface area contributed by atoms with Gasteiger partial charge in [0.2, 0.25) is 0 Å². The molecule has 2 aromatic heterocycles. The van der Waals surface area contributed by atoms with E-state index in [1.54, 1.807) is 4.40 Å². The fourth-order valence-corrected chi connectivity index (χ4v) is 4.16. The minimum atomic E-state index is -0.582. The van der Waals surface area contributed by atoms with Crippen LogP contribution in [0.25, 0.3) is 5.65 Å². The van der Waals surface area contributed by atoms with Crippen molar-refractivity contribution in [1.29, 1.82) is 0 Å². The Bertz CT molecular complexity index is 1170. The van der Waals surface area contributed by atoms with Crippen molar-refractivity contribution in [2.24, 2.45) is 0 Å². The van der Waals surface area contributed by atoms with Crippen molar-refractivity contribution in [1.82, 2.24) is 9.38 Å². The molecular formula is C27H34N2O4. The van der Waals surface area contributed by atoms with Crippen LogP contribution in [0.2, 0.25) is 0 Å². The molecule has 0 saturated heterocycles. The van der Waals surface area contributed by atoms with Gasteiger partial charge in [0, 0.05) is 18.5 Å². The zero-order chi connectivity index (χ0) is 24.3. The summed E-state index contributed by atoms with van der Waals surface area (Å²) in [5.74, 6) is -0.0351. The molecular weight excluding hydrogens is 416 g/mol. The Morgan fingerprint density at radius 3 is 2.48 bits per heavy atom. The molecule has 6 heteroatoms. The van der Waals surface area contributed by atoms with Gasteiger partial charge in [-0.2, -0.15) is 0 Å². The van der Waals surface area contributed by atoms with Crippen LogP contribution in [0.3, 0.4) is 0 Å². The predicted octanol–water partition coefficient (Wildman–Crippen LogP) is 5.75. The summed E-state index contributed by atoms with van der Waals surface area (Å²) < 4.78 is 13.1. The van der Waals surface area contributed by atoms with E-state index in [0.29, 0.717) is 29.4 Å². The largest absolute Gasteiger partial charge is 0.490 e. The third-order valence-electron chi connectivity index (χ3n) is 5.49. The third kappa shape index (κ3) is 5.81. The number of ketones is 1. The summed E-state index contributed by atoms with van der Waals surface area (Å²) in [5.41, 5.74) is 4.34.